The van der Waals surface area contributed by atoms with Crippen LogP contribution in [0.15, 0.2) is 18.2 Å². The third-order valence-corrected chi connectivity index (χ3v) is 6.87. The van der Waals surface area contributed by atoms with Crippen LogP contribution in [0.2, 0.25) is 0 Å². The van der Waals surface area contributed by atoms with Crippen LogP contribution < -0.4 is 5.32 Å². The molecule has 0 atom stereocenters. The lowest BCUT2D eigenvalue weighted by Crippen LogP contribution is -2.62. The third-order valence-electron chi connectivity index (χ3n) is 4.80. The van der Waals surface area contributed by atoms with Crippen molar-refractivity contribution < 1.29 is 42.4 Å². The molecule has 1 rings (SSSR count). The monoisotopic (exact) mass is 516 g/mol. The summed E-state index contributed by atoms with van der Waals surface area (Å²) in [6.45, 7) is 7.64. The molecule has 0 fully saturated rings. The lowest BCUT2D eigenvalue weighted by atomic mass is 9.87. The van der Waals surface area contributed by atoms with Gasteiger partial charge in [0, 0.05) is 25.5 Å². The summed E-state index contributed by atoms with van der Waals surface area (Å²) in [5.41, 5.74) is -1.95. The molecule has 0 saturated heterocycles. The Balaban J connectivity index is 3.61. The molecule has 12 nitrogen and oxygen atoms in total. The normalized spacial score (nSPS) is 11.6. The SMILES string of the molecule is CCOC(=O)C(Cc1cc([N+](=O)[O-])ccc1CCP(=O)(OCC)OCC)(NC(C)=O)C(=O)OCC. The maximum atomic E-state index is 13.0. The standard InChI is InChI=1S/C22H33N2O10P/c1-6-31-20(26)22(23-16(5)25,21(27)32-7-2)15-18-14-19(24(28)29)11-10-17(18)12-13-35(30,33-8-3)34-9-4/h10-11,14H,6-9,12-13,15H2,1-5H3,(H,23,25). The summed E-state index contributed by atoms with van der Waals surface area (Å²) in [6, 6.07) is 3.88. The fraction of sp³-hybridized carbons (Fsp3) is 0.591. The van der Waals surface area contributed by atoms with Crippen molar-refractivity contribution in [1.82, 2.24) is 5.32 Å². The van der Waals surface area contributed by atoms with Crippen molar-refractivity contribution in [2.24, 2.45) is 0 Å². The summed E-state index contributed by atoms with van der Waals surface area (Å²) in [7, 11) is -3.46. The Bertz CT molecular complexity index is 938. The summed E-state index contributed by atoms with van der Waals surface area (Å²) in [5, 5.41) is 13.8. The van der Waals surface area contributed by atoms with Gasteiger partial charge in [-0.15, -0.1) is 0 Å². The van der Waals surface area contributed by atoms with E-state index in [2.05, 4.69) is 5.32 Å². The zero-order chi connectivity index (χ0) is 26.6. The highest BCUT2D eigenvalue weighted by molar-refractivity contribution is 7.53. The third kappa shape index (κ3) is 8.41. The number of amides is 1. The summed E-state index contributed by atoms with van der Waals surface area (Å²) >= 11 is 0. The number of benzene rings is 1. The molecule has 0 aliphatic carbocycles. The molecule has 0 saturated carbocycles. The first-order valence-electron chi connectivity index (χ1n) is 11.3. The van der Waals surface area contributed by atoms with E-state index >= 15 is 0 Å². The molecule has 0 heterocycles. The molecule has 1 N–H and O–H groups in total. The average molecular weight is 516 g/mol. The molecule has 0 spiro atoms. The molecular formula is C22H33N2O10P. The first-order valence-corrected chi connectivity index (χ1v) is 13.0. The number of esters is 2. The quantitative estimate of drug-likeness (QED) is 0.121. The predicted molar refractivity (Wildman–Crippen MR) is 126 cm³/mol. The molecule has 35 heavy (non-hydrogen) atoms. The van der Waals surface area contributed by atoms with Crippen LogP contribution in [-0.2, 0) is 50.3 Å². The van der Waals surface area contributed by atoms with Crippen LogP contribution in [0.4, 0.5) is 5.69 Å². The summed E-state index contributed by atoms with van der Waals surface area (Å²) in [5.74, 6) is -2.85. The number of nitro groups is 1. The van der Waals surface area contributed by atoms with E-state index in [4.69, 9.17) is 18.5 Å². The Hall–Kier alpha value is -2.82. The van der Waals surface area contributed by atoms with Crippen molar-refractivity contribution in [1.29, 1.82) is 0 Å². The maximum Gasteiger partial charge on any atom is 0.344 e. The van der Waals surface area contributed by atoms with Crippen LogP contribution in [0.1, 0.15) is 45.7 Å². The highest BCUT2D eigenvalue weighted by atomic mass is 31.2. The van der Waals surface area contributed by atoms with Gasteiger partial charge < -0.3 is 23.8 Å². The summed E-state index contributed by atoms with van der Waals surface area (Å²) in [6.07, 6.45) is -0.452. The number of hydrogen-bond donors (Lipinski definition) is 1. The number of aryl methyl sites for hydroxylation is 1. The van der Waals surface area contributed by atoms with E-state index in [9.17, 15) is 29.1 Å². The second-order valence-corrected chi connectivity index (χ2v) is 9.52. The summed E-state index contributed by atoms with van der Waals surface area (Å²) < 4.78 is 33.7. The number of nitrogens with zero attached hydrogens (tertiary/aromatic N) is 1. The van der Waals surface area contributed by atoms with Crippen LogP contribution in [0, 0.1) is 10.1 Å². The molecular weight excluding hydrogens is 483 g/mol. The molecule has 1 aromatic rings. The van der Waals surface area contributed by atoms with Gasteiger partial charge in [-0.1, -0.05) is 6.07 Å². The van der Waals surface area contributed by atoms with Crippen molar-refractivity contribution >= 4 is 31.1 Å². The van der Waals surface area contributed by atoms with E-state index < -0.39 is 42.3 Å². The van der Waals surface area contributed by atoms with Gasteiger partial charge in [0.15, 0.2) is 0 Å². The van der Waals surface area contributed by atoms with E-state index in [1.165, 1.54) is 32.0 Å². The Morgan fingerprint density at radius 1 is 0.971 bits per heavy atom. The van der Waals surface area contributed by atoms with Gasteiger partial charge in [-0.05, 0) is 45.2 Å². The number of nitrogens with one attached hydrogen (secondary N) is 1. The lowest BCUT2D eigenvalue weighted by Gasteiger charge is -2.30. The van der Waals surface area contributed by atoms with E-state index in [0.717, 1.165) is 6.92 Å². The minimum Gasteiger partial charge on any atom is -0.464 e. The van der Waals surface area contributed by atoms with Crippen LogP contribution in [0.3, 0.4) is 0 Å². The van der Waals surface area contributed by atoms with Crippen molar-refractivity contribution in [2.75, 3.05) is 32.6 Å². The smallest absolute Gasteiger partial charge is 0.344 e. The number of ether oxygens (including phenoxy) is 2. The van der Waals surface area contributed by atoms with Crippen LogP contribution in [-0.4, -0.2) is 60.9 Å². The molecule has 0 bridgehead atoms. The number of hydrogen-bond acceptors (Lipinski definition) is 10. The minimum atomic E-state index is -3.46. The van der Waals surface area contributed by atoms with Gasteiger partial charge in [-0.25, -0.2) is 9.59 Å². The van der Waals surface area contributed by atoms with Gasteiger partial charge in [0.2, 0.25) is 11.4 Å². The van der Waals surface area contributed by atoms with E-state index in [1.54, 1.807) is 13.8 Å². The van der Waals surface area contributed by atoms with Gasteiger partial charge >= 0.3 is 19.5 Å². The zero-order valence-corrected chi connectivity index (χ0v) is 21.6. The summed E-state index contributed by atoms with van der Waals surface area (Å²) in [4.78, 5) is 48.8. The molecule has 13 heteroatoms. The van der Waals surface area contributed by atoms with Gasteiger partial charge in [0.05, 0.1) is 37.5 Å². The van der Waals surface area contributed by atoms with Crippen molar-refractivity contribution in [3.8, 4) is 0 Å². The number of carbonyl (C=O) groups excluding carboxylic acids is 3. The Labute approximate surface area is 204 Å². The zero-order valence-electron chi connectivity index (χ0n) is 20.7. The van der Waals surface area contributed by atoms with Crippen molar-refractivity contribution in [2.45, 2.75) is 53.0 Å². The van der Waals surface area contributed by atoms with E-state index in [-0.39, 0.29) is 50.3 Å². The second kappa shape index (κ2) is 13.9. The lowest BCUT2D eigenvalue weighted by molar-refractivity contribution is -0.384. The number of rotatable bonds is 15. The van der Waals surface area contributed by atoms with Gasteiger partial charge in [-0.2, -0.15) is 0 Å². The number of nitro benzene ring substituents is 1. The Morgan fingerprint density at radius 2 is 1.51 bits per heavy atom. The topological polar surface area (TPSA) is 160 Å². The molecule has 0 unspecified atom stereocenters. The predicted octanol–water partition coefficient (Wildman–Crippen LogP) is 2.95. The molecule has 0 radical (unpaired) electrons. The second-order valence-electron chi connectivity index (χ2n) is 7.33. The Kier molecular flexibility index (Phi) is 12.0. The molecule has 0 aliphatic heterocycles. The number of non-ortho nitro benzene ring substituents is 1. The molecule has 1 amide bonds. The molecule has 0 aromatic heterocycles. The first-order chi connectivity index (χ1) is 16.5. The highest BCUT2D eigenvalue weighted by Gasteiger charge is 2.50. The molecule has 0 aliphatic rings. The molecule has 1 aromatic carbocycles. The minimum absolute atomic E-state index is 0.0502. The van der Waals surface area contributed by atoms with Gasteiger partial charge in [-0.3, -0.25) is 19.5 Å². The Morgan fingerprint density at radius 3 is 1.94 bits per heavy atom. The van der Waals surface area contributed by atoms with E-state index in [1.807, 2.05) is 0 Å². The largest absolute Gasteiger partial charge is 0.464 e. The first kappa shape index (κ1) is 30.2. The molecule has 196 valence electrons. The van der Waals surface area contributed by atoms with Crippen molar-refractivity contribution in [3.63, 3.8) is 0 Å². The van der Waals surface area contributed by atoms with Crippen LogP contribution >= 0.6 is 7.60 Å². The van der Waals surface area contributed by atoms with E-state index in [0.29, 0.717) is 5.56 Å². The van der Waals surface area contributed by atoms with Gasteiger partial charge in [0.1, 0.15) is 0 Å². The number of carbonyl (C=O) groups is 3. The average Bonchev–Trinajstić information content (AvgIpc) is 2.77. The maximum absolute atomic E-state index is 13.0. The fourth-order valence-electron chi connectivity index (χ4n) is 3.42. The highest BCUT2D eigenvalue weighted by Crippen LogP contribution is 2.48. The fourth-order valence-corrected chi connectivity index (χ4v) is 5.05. The van der Waals surface area contributed by atoms with Crippen LogP contribution in [0.25, 0.3) is 0 Å². The van der Waals surface area contributed by atoms with Gasteiger partial charge in [0.25, 0.3) is 5.69 Å². The van der Waals surface area contributed by atoms with Crippen molar-refractivity contribution in [3.05, 3.63) is 39.4 Å². The van der Waals surface area contributed by atoms with Crippen LogP contribution in [0.5, 0.6) is 0 Å².